The normalized spacial score (nSPS) is 12.1. The maximum Gasteiger partial charge on any atom is 0.252 e. The zero-order valence-electron chi connectivity index (χ0n) is 16.0. The molecule has 4 aromatic rings. The fraction of sp³-hybridized carbons (Fsp3) is 0.167. The van der Waals surface area contributed by atoms with E-state index in [9.17, 15) is 4.79 Å². The molecule has 4 rings (SSSR count). The largest absolute Gasteiger partial charge is 0.469 e. The Morgan fingerprint density at radius 3 is 2.64 bits per heavy atom. The summed E-state index contributed by atoms with van der Waals surface area (Å²) in [6.07, 6.45) is 2.30. The summed E-state index contributed by atoms with van der Waals surface area (Å²) >= 11 is 0. The van der Waals surface area contributed by atoms with Gasteiger partial charge in [0.25, 0.3) is 5.91 Å². The first-order valence-corrected chi connectivity index (χ1v) is 9.41. The van der Waals surface area contributed by atoms with Crippen molar-refractivity contribution >= 4 is 16.8 Å². The van der Waals surface area contributed by atoms with Gasteiger partial charge in [0, 0.05) is 29.1 Å². The minimum Gasteiger partial charge on any atom is -0.469 e. The number of fused-ring (bicyclic) bond motifs is 1. The highest BCUT2D eigenvalue weighted by Crippen LogP contribution is 2.29. The third-order valence-corrected chi connectivity index (χ3v) is 4.76. The van der Waals surface area contributed by atoms with E-state index in [0.717, 1.165) is 33.5 Å². The molecule has 0 saturated heterocycles. The predicted octanol–water partition coefficient (Wildman–Crippen LogP) is 5.16. The number of carbonyl (C=O) groups excluding carboxylic acids is 1. The van der Waals surface area contributed by atoms with Gasteiger partial charge in [-0.25, -0.2) is 0 Å². The maximum absolute atomic E-state index is 13.0. The van der Waals surface area contributed by atoms with Crippen molar-refractivity contribution in [2.45, 2.75) is 26.3 Å². The summed E-state index contributed by atoms with van der Waals surface area (Å²) < 4.78 is 5.38. The number of amides is 1. The van der Waals surface area contributed by atoms with Gasteiger partial charge in [-0.05, 0) is 37.6 Å². The molecule has 140 valence electrons. The van der Waals surface area contributed by atoms with Crippen molar-refractivity contribution in [3.63, 3.8) is 0 Å². The number of nitrogens with one attached hydrogen (secondary N) is 1. The molecule has 2 heterocycles. The topological polar surface area (TPSA) is 55.1 Å². The van der Waals surface area contributed by atoms with Gasteiger partial charge in [0.2, 0.25) is 0 Å². The van der Waals surface area contributed by atoms with Crippen LogP contribution >= 0.6 is 0 Å². The molecule has 2 aromatic carbocycles. The Morgan fingerprint density at radius 1 is 1.07 bits per heavy atom. The van der Waals surface area contributed by atoms with Crippen LogP contribution in [0.2, 0.25) is 0 Å². The van der Waals surface area contributed by atoms with Gasteiger partial charge in [-0.3, -0.25) is 9.78 Å². The fourth-order valence-electron chi connectivity index (χ4n) is 3.50. The maximum atomic E-state index is 13.0. The molecule has 4 nitrogen and oxygen atoms in total. The third kappa shape index (κ3) is 3.67. The van der Waals surface area contributed by atoms with Crippen LogP contribution in [-0.4, -0.2) is 16.9 Å². The Balaban J connectivity index is 1.70. The summed E-state index contributed by atoms with van der Waals surface area (Å²) in [4.78, 5) is 17.8. The summed E-state index contributed by atoms with van der Waals surface area (Å²) in [6, 6.07) is 21.7. The minimum atomic E-state index is -0.0974. The molecule has 0 radical (unpaired) electrons. The summed E-state index contributed by atoms with van der Waals surface area (Å²) in [6.45, 7) is 3.90. The molecule has 1 unspecified atom stereocenters. The molecule has 0 spiro atoms. The van der Waals surface area contributed by atoms with Crippen molar-refractivity contribution in [3.8, 4) is 11.1 Å². The van der Waals surface area contributed by atoms with Crippen LogP contribution in [0.25, 0.3) is 22.0 Å². The van der Waals surface area contributed by atoms with E-state index in [1.54, 1.807) is 6.26 Å². The number of rotatable bonds is 5. The highest BCUT2D eigenvalue weighted by atomic mass is 16.3. The lowest BCUT2D eigenvalue weighted by molar-refractivity contribution is 0.0941. The van der Waals surface area contributed by atoms with Gasteiger partial charge in [0.15, 0.2) is 0 Å². The second-order valence-electron chi connectivity index (χ2n) is 7.04. The van der Waals surface area contributed by atoms with Crippen molar-refractivity contribution in [1.82, 2.24) is 10.3 Å². The van der Waals surface area contributed by atoms with Crippen LogP contribution in [0.1, 0.15) is 28.7 Å². The average Bonchev–Trinajstić information content (AvgIpc) is 3.20. The Kier molecular flexibility index (Phi) is 4.94. The van der Waals surface area contributed by atoms with Crippen LogP contribution in [0.5, 0.6) is 0 Å². The van der Waals surface area contributed by atoms with Gasteiger partial charge in [0.05, 0.1) is 17.3 Å². The van der Waals surface area contributed by atoms with Crippen LogP contribution in [0.4, 0.5) is 0 Å². The van der Waals surface area contributed by atoms with Crippen molar-refractivity contribution in [2.24, 2.45) is 0 Å². The molecule has 1 atom stereocenters. The average molecular weight is 370 g/mol. The molecule has 0 aliphatic rings. The number of para-hydroxylation sites is 1. The number of nitrogens with zero attached hydrogens (tertiary/aromatic N) is 1. The zero-order chi connectivity index (χ0) is 19.5. The lowest BCUT2D eigenvalue weighted by Crippen LogP contribution is -2.34. The van der Waals surface area contributed by atoms with E-state index in [1.807, 2.05) is 68.4 Å². The molecule has 2 aromatic heterocycles. The van der Waals surface area contributed by atoms with Crippen LogP contribution in [0.3, 0.4) is 0 Å². The van der Waals surface area contributed by atoms with E-state index < -0.39 is 0 Å². The van der Waals surface area contributed by atoms with E-state index in [4.69, 9.17) is 9.40 Å². The van der Waals surface area contributed by atoms with Crippen molar-refractivity contribution in [3.05, 3.63) is 90.0 Å². The SMILES string of the molecule is Cc1cc(C(=O)NC(C)Cc2ccco2)c2cccc(-c3ccccc3)c2n1. The molecule has 28 heavy (non-hydrogen) atoms. The summed E-state index contributed by atoms with van der Waals surface area (Å²) in [7, 11) is 0. The molecule has 4 heteroatoms. The number of hydrogen-bond acceptors (Lipinski definition) is 3. The van der Waals surface area contributed by atoms with Crippen LogP contribution < -0.4 is 5.32 Å². The molecule has 0 aliphatic carbocycles. The highest BCUT2D eigenvalue weighted by molar-refractivity contribution is 6.09. The molecule has 1 amide bonds. The molecule has 1 N–H and O–H groups in total. The Hall–Kier alpha value is -3.40. The van der Waals surface area contributed by atoms with Crippen molar-refractivity contribution in [1.29, 1.82) is 0 Å². The first-order valence-electron chi connectivity index (χ1n) is 9.41. The molecule has 0 bridgehead atoms. The summed E-state index contributed by atoms with van der Waals surface area (Å²) in [5, 5.41) is 3.94. The van der Waals surface area contributed by atoms with Crippen LogP contribution in [0.15, 0.2) is 77.4 Å². The number of hydrogen-bond donors (Lipinski definition) is 1. The van der Waals surface area contributed by atoms with E-state index in [-0.39, 0.29) is 11.9 Å². The van der Waals surface area contributed by atoms with Gasteiger partial charge >= 0.3 is 0 Å². The van der Waals surface area contributed by atoms with E-state index in [1.165, 1.54) is 0 Å². The molecular weight excluding hydrogens is 348 g/mol. The second-order valence-corrected chi connectivity index (χ2v) is 7.04. The first-order chi connectivity index (χ1) is 13.6. The van der Waals surface area contributed by atoms with Gasteiger partial charge in [-0.15, -0.1) is 0 Å². The fourth-order valence-corrected chi connectivity index (χ4v) is 3.50. The molecular formula is C24H22N2O2. The Labute approximate surface area is 164 Å². The number of aryl methyl sites for hydroxylation is 1. The van der Waals surface area contributed by atoms with Crippen LogP contribution in [0, 0.1) is 6.92 Å². The Bertz CT molecular complexity index is 1100. The smallest absolute Gasteiger partial charge is 0.252 e. The van der Waals surface area contributed by atoms with Crippen molar-refractivity contribution < 1.29 is 9.21 Å². The monoisotopic (exact) mass is 370 g/mol. The molecule has 0 aliphatic heterocycles. The number of furan rings is 1. The van der Waals surface area contributed by atoms with Gasteiger partial charge < -0.3 is 9.73 Å². The van der Waals surface area contributed by atoms with E-state index >= 15 is 0 Å². The predicted molar refractivity (Wildman–Crippen MR) is 111 cm³/mol. The lowest BCUT2D eigenvalue weighted by Gasteiger charge is -2.15. The molecule has 0 saturated carbocycles. The van der Waals surface area contributed by atoms with Gasteiger partial charge in [0.1, 0.15) is 5.76 Å². The highest BCUT2D eigenvalue weighted by Gasteiger charge is 2.17. The number of benzene rings is 2. The number of aromatic nitrogens is 1. The van der Waals surface area contributed by atoms with Crippen LogP contribution in [-0.2, 0) is 6.42 Å². The van der Waals surface area contributed by atoms with Gasteiger partial charge in [-0.1, -0.05) is 48.5 Å². The van der Waals surface area contributed by atoms with E-state index in [0.29, 0.717) is 12.0 Å². The van der Waals surface area contributed by atoms with Crippen molar-refractivity contribution in [2.75, 3.05) is 0 Å². The van der Waals surface area contributed by atoms with Gasteiger partial charge in [-0.2, -0.15) is 0 Å². The third-order valence-electron chi connectivity index (χ3n) is 4.76. The van der Waals surface area contributed by atoms with E-state index in [2.05, 4.69) is 17.4 Å². The second kappa shape index (κ2) is 7.69. The zero-order valence-corrected chi connectivity index (χ0v) is 16.0. The first kappa shape index (κ1) is 18.0. The lowest BCUT2D eigenvalue weighted by atomic mass is 9.98. The standard InChI is InChI=1S/C24H22N2O2/c1-16(14-19-10-7-13-28-19)26-24(27)22-15-17(2)25-23-20(11-6-12-21(22)23)18-8-4-3-5-9-18/h3-13,15-16H,14H2,1-2H3,(H,26,27). The minimum absolute atomic E-state index is 0.0422. The number of carbonyl (C=O) groups is 1. The Morgan fingerprint density at radius 2 is 1.89 bits per heavy atom. The quantitative estimate of drug-likeness (QED) is 0.528. The number of pyridine rings is 1. The summed E-state index contributed by atoms with van der Waals surface area (Å²) in [5.41, 5.74) is 4.42. The summed E-state index contributed by atoms with van der Waals surface area (Å²) in [5.74, 6) is 0.759. The molecule has 0 fully saturated rings.